The van der Waals surface area contributed by atoms with Crippen molar-refractivity contribution >= 4 is 0 Å². The van der Waals surface area contributed by atoms with Gasteiger partial charge >= 0.3 is 0 Å². The molecule has 0 aromatic carbocycles. The van der Waals surface area contributed by atoms with Crippen LogP contribution in [0.25, 0.3) is 0 Å². The van der Waals surface area contributed by atoms with Crippen LogP contribution in [0.1, 0.15) is 46.5 Å². The number of hydrogen-bond donors (Lipinski definition) is 1. The smallest absolute Gasteiger partial charge is 0.0593 e. The fourth-order valence-electron chi connectivity index (χ4n) is 3.09. The molecule has 2 aliphatic rings. The molecule has 3 heteroatoms. The fraction of sp³-hybridized carbons (Fsp3) is 1.00. The first kappa shape index (κ1) is 15.3. The molecule has 0 spiro atoms. The molecular formula is C16H32N2O. The summed E-state index contributed by atoms with van der Waals surface area (Å²) in [6.07, 6.45) is 5.30. The van der Waals surface area contributed by atoms with E-state index in [-0.39, 0.29) is 0 Å². The highest BCUT2D eigenvalue weighted by atomic mass is 16.5. The molecule has 3 unspecified atom stereocenters. The molecule has 0 bridgehead atoms. The van der Waals surface area contributed by atoms with E-state index in [9.17, 15) is 0 Å². The zero-order valence-corrected chi connectivity index (χ0v) is 13.0. The maximum atomic E-state index is 5.78. The molecule has 19 heavy (non-hydrogen) atoms. The number of nitrogens with zero attached hydrogens (tertiary/aromatic N) is 1. The summed E-state index contributed by atoms with van der Waals surface area (Å²) in [5.41, 5.74) is 0. The fourth-order valence-corrected chi connectivity index (χ4v) is 3.09. The Morgan fingerprint density at radius 3 is 2.68 bits per heavy atom. The lowest BCUT2D eigenvalue weighted by atomic mass is 9.87. The highest BCUT2D eigenvalue weighted by Gasteiger charge is 2.31. The number of ether oxygens (including phenoxy) is 1. The SMILES string of the molecule is CCCNC1CCN(CCOCC2CC2)C(C)C1C. The van der Waals surface area contributed by atoms with Crippen molar-refractivity contribution in [2.75, 3.05) is 32.8 Å². The molecule has 1 aliphatic carbocycles. The standard InChI is InChI=1S/C16H32N2O/c1-4-8-17-16-7-9-18(14(3)13(16)2)10-11-19-12-15-5-6-15/h13-17H,4-12H2,1-3H3. The van der Waals surface area contributed by atoms with Gasteiger partial charge in [0.05, 0.1) is 6.61 Å². The average Bonchev–Trinajstić information content (AvgIpc) is 3.22. The minimum absolute atomic E-state index is 0.674. The Kier molecular flexibility index (Phi) is 6.11. The van der Waals surface area contributed by atoms with Crippen LogP contribution in [0, 0.1) is 11.8 Å². The number of rotatable bonds is 8. The van der Waals surface area contributed by atoms with Gasteiger partial charge in [-0.3, -0.25) is 4.90 Å². The van der Waals surface area contributed by atoms with Crippen molar-refractivity contribution in [2.24, 2.45) is 11.8 Å². The molecule has 112 valence electrons. The zero-order valence-electron chi connectivity index (χ0n) is 13.0. The third kappa shape index (κ3) is 4.73. The summed E-state index contributed by atoms with van der Waals surface area (Å²) < 4.78 is 5.78. The molecule has 0 radical (unpaired) electrons. The van der Waals surface area contributed by atoms with Crippen molar-refractivity contribution in [1.82, 2.24) is 10.2 Å². The molecule has 1 aliphatic heterocycles. The minimum Gasteiger partial charge on any atom is -0.380 e. The first-order valence-electron chi connectivity index (χ1n) is 8.27. The Hall–Kier alpha value is -0.120. The van der Waals surface area contributed by atoms with Crippen LogP contribution >= 0.6 is 0 Å². The van der Waals surface area contributed by atoms with Crippen molar-refractivity contribution < 1.29 is 4.74 Å². The van der Waals surface area contributed by atoms with Gasteiger partial charge in [0.1, 0.15) is 0 Å². The molecule has 1 saturated heterocycles. The predicted octanol–water partition coefficient (Wildman–Crippen LogP) is 2.51. The summed E-state index contributed by atoms with van der Waals surface area (Å²) in [6, 6.07) is 1.38. The van der Waals surface area contributed by atoms with E-state index in [1.165, 1.54) is 32.2 Å². The lowest BCUT2D eigenvalue weighted by Crippen LogP contribution is -2.54. The van der Waals surface area contributed by atoms with Crippen LogP contribution in [0.15, 0.2) is 0 Å². The second-order valence-corrected chi connectivity index (χ2v) is 6.50. The van der Waals surface area contributed by atoms with E-state index in [0.29, 0.717) is 12.1 Å². The average molecular weight is 268 g/mol. The lowest BCUT2D eigenvalue weighted by molar-refractivity contribution is 0.0418. The second-order valence-electron chi connectivity index (χ2n) is 6.50. The molecule has 3 atom stereocenters. The molecule has 0 aromatic rings. The third-order valence-corrected chi connectivity index (χ3v) is 4.93. The Morgan fingerprint density at radius 2 is 2.00 bits per heavy atom. The first-order valence-corrected chi connectivity index (χ1v) is 8.27. The number of piperidine rings is 1. The monoisotopic (exact) mass is 268 g/mol. The highest BCUT2D eigenvalue weighted by Crippen LogP contribution is 2.29. The Labute approximate surface area is 119 Å². The predicted molar refractivity (Wildman–Crippen MR) is 80.4 cm³/mol. The molecule has 2 fully saturated rings. The molecule has 0 amide bonds. The van der Waals surface area contributed by atoms with Crippen LogP contribution in [0.5, 0.6) is 0 Å². The van der Waals surface area contributed by atoms with E-state index >= 15 is 0 Å². The van der Waals surface area contributed by atoms with Gasteiger partial charge in [-0.15, -0.1) is 0 Å². The van der Waals surface area contributed by atoms with Crippen LogP contribution in [-0.2, 0) is 4.74 Å². The number of hydrogen-bond acceptors (Lipinski definition) is 3. The maximum Gasteiger partial charge on any atom is 0.0593 e. The van der Waals surface area contributed by atoms with Crippen molar-refractivity contribution in [3.63, 3.8) is 0 Å². The molecule has 2 rings (SSSR count). The Bertz CT molecular complexity index is 255. The summed E-state index contributed by atoms with van der Waals surface area (Å²) in [6.45, 7) is 12.4. The molecule has 1 N–H and O–H groups in total. The van der Waals surface area contributed by atoms with Crippen molar-refractivity contribution in [3.05, 3.63) is 0 Å². The van der Waals surface area contributed by atoms with Crippen LogP contribution in [-0.4, -0.2) is 49.8 Å². The summed E-state index contributed by atoms with van der Waals surface area (Å²) in [7, 11) is 0. The van der Waals surface area contributed by atoms with Crippen LogP contribution in [0.3, 0.4) is 0 Å². The van der Waals surface area contributed by atoms with E-state index < -0.39 is 0 Å². The quantitative estimate of drug-likeness (QED) is 0.685. The molecule has 1 heterocycles. The van der Waals surface area contributed by atoms with Gasteiger partial charge in [-0.1, -0.05) is 13.8 Å². The normalized spacial score (nSPS) is 32.7. The van der Waals surface area contributed by atoms with E-state index in [1.54, 1.807) is 0 Å². The van der Waals surface area contributed by atoms with Crippen LogP contribution < -0.4 is 5.32 Å². The molecule has 0 aromatic heterocycles. The van der Waals surface area contributed by atoms with Crippen molar-refractivity contribution in [3.8, 4) is 0 Å². The molecule has 1 saturated carbocycles. The summed E-state index contributed by atoms with van der Waals surface area (Å²) in [5.74, 6) is 1.63. The summed E-state index contributed by atoms with van der Waals surface area (Å²) in [4.78, 5) is 2.61. The van der Waals surface area contributed by atoms with Gasteiger partial charge in [0.15, 0.2) is 0 Å². The first-order chi connectivity index (χ1) is 9.22. The van der Waals surface area contributed by atoms with Crippen LogP contribution in [0.4, 0.5) is 0 Å². The van der Waals surface area contributed by atoms with Crippen molar-refractivity contribution in [1.29, 1.82) is 0 Å². The minimum atomic E-state index is 0.674. The van der Waals surface area contributed by atoms with Gasteiger partial charge in [0.25, 0.3) is 0 Å². The van der Waals surface area contributed by atoms with E-state index in [0.717, 1.165) is 38.1 Å². The maximum absolute atomic E-state index is 5.78. The van der Waals surface area contributed by atoms with Gasteiger partial charge in [-0.2, -0.15) is 0 Å². The van der Waals surface area contributed by atoms with Crippen molar-refractivity contribution in [2.45, 2.75) is 58.5 Å². The van der Waals surface area contributed by atoms with E-state index in [2.05, 4.69) is 31.0 Å². The zero-order chi connectivity index (χ0) is 13.7. The Balaban J connectivity index is 1.65. The number of nitrogens with one attached hydrogen (secondary N) is 1. The second kappa shape index (κ2) is 7.61. The van der Waals surface area contributed by atoms with Gasteiger partial charge in [0.2, 0.25) is 0 Å². The Morgan fingerprint density at radius 1 is 1.21 bits per heavy atom. The van der Waals surface area contributed by atoms with Gasteiger partial charge in [-0.25, -0.2) is 0 Å². The highest BCUT2D eigenvalue weighted by molar-refractivity contribution is 4.88. The summed E-state index contributed by atoms with van der Waals surface area (Å²) in [5, 5.41) is 3.70. The lowest BCUT2D eigenvalue weighted by Gasteiger charge is -2.43. The van der Waals surface area contributed by atoms with E-state index in [1.807, 2.05) is 0 Å². The third-order valence-electron chi connectivity index (χ3n) is 4.93. The van der Waals surface area contributed by atoms with E-state index in [4.69, 9.17) is 4.74 Å². The topological polar surface area (TPSA) is 24.5 Å². The van der Waals surface area contributed by atoms with Crippen LogP contribution in [0.2, 0.25) is 0 Å². The molecular weight excluding hydrogens is 236 g/mol. The van der Waals surface area contributed by atoms with Gasteiger partial charge in [0, 0.05) is 31.8 Å². The van der Waals surface area contributed by atoms with Gasteiger partial charge in [-0.05, 0) is 51.0 Å². The largest absolute Gasteiger partial charge is 0.380 e. The summed E-state index contributed by atoms with van der Waals surface area (Å²) >= 11 is 0. The number of likely N-dealkylation sites (tertiary alicyclic amines) is 1. The van der Waals surface area contributed by atoms with Gasteiger partial charge < -0.3 is 10.1 Å². The molecule has 3 nitrogen and oxygen atoms in total.